The van der Waals surface area contributed by atoms with Crippen molar-refractivity contribution >= 4 is 50.3 Å². The zero-order valence-corrected chi connectivity index (χ0v) is 17.1. The number of carbonyl (C=O) groups excluding carboxylic acids is 1. The van der Waals surface area contributed by atoms with Crippen molar-refractivity contribution in [1.82, 2.24) is 9.84 Å². The first-order valence-electron chi connectivity index (χ1n) is 8.13. The Morgan fingerprint density at radius 2 is 1.96 bits per heavy atom. The highest BCUT2D eigenvalue weighted by Gasteiger charge is 2.35. The Hall–Kier alpha value is -2.40. The largest absolute Gasteiger partial charge is 0.504 e. The topological polar surface area (TPSA) is 95.9 Å². The van der Waals surface area contributed by atoms with Gasteiger partial charge in [-0.05, 0) is 42.8 Å². The van der Waals surface area contributed by atoms with E-state index in [0.29, 0.717) is 12.2 Å². The van der Waals surface area contributed by atoms with Gasteiger partial charge >= 0.3 is 0 Å². The molecular formula is C18H16N2O5S3. The van der Waals surface area contributed by atoms with E-state index in [-0.39, 0.29) is 25.6 Å². The van der Waals surface area contributed by atoms with E-state index >= 15 is 0 Å². The minimum atomic E-state index is -3.95. The molecule has 2 N–H and O–H groups in total. The lowest BCUT2D eigenvalue weighted by atomic mass is 10.2. The van der Waals surface area contributed by atoms with E-state index in [9.17, 15) is 18.3 Å². The van der Waals surface area contributed by atoms with E-state index in [0.717, 1.165) is 16.8 Å². The molecule has 0 atom stereocenters. The molecule has 0 radical (unpaired) electrons. The molecule has 1 fully saturated rings. The maximum absolute atomic E-state index is 12.6. The lowest BCUT2D eigenvalue weighted by molar-refractivity contribution is -0.123. The van der Waals surface area contributed by atoms with Crippen molar-refractivity contribution in [3.05, 3.63) is 59.0 Å². The molecule has 1 aliphatic heterocycles. The SMILES string of the molecule is CCOc1cc(/C=C2\SC(=S)N(NS(=O)(=O)c3ccccc3)C2=O)ccc1O. The summed E-state index contributed by atoms with van der Waals surface area (Å²) < 4.78 is 30.3. The van der Waals surface area contributed by atoms with E-state index in [1.807, 2.05) is 0 Å². The second kappa shape index (κ2) is 8.31. The number of nitrogens with zero attached hydrogens (tertiary/aromatic N) is 1. The number of sulfonamides is 1. The maximum Gasteiger partial charge on any atom is 0.281 e. The number of hydrogen-bond acceptors (Lipinski definition) is 7. The highest BCUT2D eigenvalue weighted by Crippen LogP contribution is 2.34. The van der Waals surface area contributed by atoms with Crippen molar-refractivity contribution in [2.75, 3.05) is 6.61 Å². The van der Waals surface area contributed by atoms with Gasteiger partial charge in [0.2, 0.25) is 0 Å². The first kappa shape index (κ1) is 20.3. The summed E-state index contributed by atoms with van der Waals surface area (Å²) in [4.78, 5) is 15.1. The van der Waals surface area contributed by atoms with Gasteiger partial charge in [0.15, 0.2) is 15.8 Å². The first-order chi connectivity index (χ1) is 13.3. The van der Waals surface area contributed by atoms with Gasteiger partial charge in [0, 0.05) is 0 Å². The van der Waals surface area contributed by atoms with Crippen molar-refractivity contribution in [2.24, 2.45) is 0 Å². The van der Waals surface area contributed by atoms with Crippen LogP contribution >= 0.6 is 24.0 Å². The van der Waals surface area contributed by atoms with E-state index < -0.39 is 15.9 Å². The van der Waals surface area contributed by atoms with Crippen LogP contribution in [0.25, 0.3) is 6.08 Å². The fraction of sp³-hybridized carbons (Fsp3) is 0.111. The van der Waals surface area contributed by atoms with E-state index in [1.165, 1.54) is 18.2 Å². The normalized spacial score (nSPS) is 16.0. The number of amides is 1. The first-order valence-corrected chi connectivity index (χ1v) is 10.8. The molecule has 2 aromatic rings. The fourth-order valence-corrected chi connectivity index (χ4v) is 4.69. The minimum absolute atomic E-state index is 0.0119. The lowest BCUT2D eigenvalue weighted by Crippen LogP contribution is -2.44. The number of nitrogens with one attached hydrogen (secondary N) is 1. The summed E-state index contributed by atoms with van der Waals surface area (Å²) in [5.74, 6) is -0.306. The number of hydrazine groups is 1. The van der Waals surface area contributed by atoms with Gasteiger partial charge < -0.3 is 9.84 Å². The van der Waals surface area contributed by atoms with Crippen LogP contribution in [-0.4, -0.2) is 35.4 Å². The third-order valence-electron chi connectivity index (χ3n) is 3.64. The zero-order valence-electron chi connectivity index (χ0n) is 14.7. The Labute approximate surface area is 172 Å². The molecule has 1 saturated heterocycles. The number of aromatic hydroxyl groups is 1. The number of rotatable bonds is 6. The quantitative estimate of drug-likeness (QED) is 0.531. The average Bonchev–Trinajstić information content (AvgIpc) is 2.92. The molecule has 146 valence electrons. The van der Waals surface area contributed by atoms with Crippen LogP contribution < -0.4 is 9.57 Å². The number of phenolic OH excluding ortho intramolecular Hbond substituents is 1. The standard InChI is InChI=1S/C18H16N2O5S3/c1-2-25-15-10-12(8-9-14(15)21)11-16-17(22)20(18(26)27-16)19-28(23,24)13-6-4-3-5-7-13/h3-11,19,21H,2H2,1H3/b16-11-. The Kier molecular flexibility index (Phi) is 6.04. The van der Waals surface area contributed by atoms with Gasteiger partial charge in [0.05, 0.1) is 16.4 Å². The summed E-state index contributed by atoms with van der Waals surface area (Å²) in [6, 6.07) is 12.3. The average molecular weight is 437 g/mol. The van der Waals surface area contributed by atoms with Crippen LogP contribution in [0.5, 0.6) is 11.5 Å². The van der Waals surface area contributed by atoms with Gasteiger partial charge in [-0.1, -0.05) is 48.2 Å². The van der Waals surface area contributed by atoms with Crippen LogP contribution in [0.3, 0.4) is 0 Å². The van der Waals surface area contributed by atoms with Crippen molar-refractivity contribution in [2.45, 2.75) is 11.8 Å². The van der Waals surface area contributed by atoms with E-state index in [1.54, 1.807) is 43.3 Å². The number of hydrogen-bond donors (Lipinski definition) is 2. The molecule has 3 rings (SSSR count). The molecule has 28 heavy (non-hydrogen) atoms. The number of thiocarbonyl (C=S) groups is 1. The molecule has 0 bridgehead atoms. The molecule has 1 heterocycles. The highest BCUT2D eigenvalue weighted by molar-refractivity contribution is 8.26. The Balaban J connectivity index is 1.84. The second-order valence-electron chi connectivity index (χ2n) is 5.59. The number of ether oxygens (including phenoxy) is 1. The predicted molar refractivity (Wildman–Crippen MR) is 111 cm³/mol. The van der Waals surface area contributed by atoms with Crippen molar-refractivity contribution in [3.8, 4) is 11.5 Å². The van der Waals surface area contributed by atoms with Crippen LogP contribution in [-0.2, 0) is 14.8 Å². The maximum atomic E-state index is 12.6. The Morgan fingerprint density at radius 3 is 2.64 bits per heavy atom. The van der Waals surface area contributed by atoms with Crippen LogP contribution in [0, 0.1) is 0 Å². The van der Waals surface area contributed by atoms with Gasteiger partial charge in [-0.2, -0.15) is 0 Å². The van der Waals surface area contributed by atoms with Crippen LogP contribution in [0.15, 0.2) is 58.3 Å². The summed E-state index contributed by atoms with van der Waals surface area (Å²) in [5, 5.41) is 10.6. The predicted octanol–water partition coefficient (Wildman–Crippen LogP) is 2.89. The van der Waals surface area contributed by atoms with Crippen molar-refractivity contribution in [1.29, 1.82) is 0 Å². The molecule has 10 heteroatoms. The molecular weight excluding hydrogens is 420 g/mol. The van der Waals surface area contributed by atoms with Crippen LogP contribution in [0.1, 0.15) is 12.5 Å². The number of carbonyl (C=O) groups is 1. The molecule has 0 aliphatic carbocycles. The Morgan fingerprint density at radius 1 is 1.25 bits per heavy atom. The second-order valence-corrected chi connectivity index (χ2v) is 8.92. The molecule has 1 amide bonds. The highest BCUT2D eigenvalue weighted by atomic mass is 32.2. The van der Waals surface area contributed by atoms with Crippen LogP contribution in [0.4, 0.5) is 0 Å². The lowest BCUT2D eigenvalue weighted by Gasteiger charge is -2.15. The fourth-order valence-electron chi connectivity index (χ4n) is 2.36. The summed E-state index contributed by atoms with van der Waals surface area (Å²) in [6.07, 6.45) is 1.55. The van der Waals surface area contributed by atoms with Crippen molar-refractivity contribution < 1.29 is 23.1 Å². The van der Waals surface area contributed by atoms with Gasteiger partial charge in [-0.15, -0.1) is 4.83 Å². The molecule has 0 spiro atoms. The van der Waals surface area contributed by atoms with Crippen molar-refractivity contribution in [3.63, 3.8) is 0 Å². The minimum Gasteiger partial charge on any atom is -0.504 e. The Bertz CT molecular complexity index is 1050. The summed E-state index contributed by atoms with van der Waals surface area (Å²) >= 11 is 6.13. The third kappa shape index (κ3) is 4.36. The smallest absolute Gasteiger partial charge is 0.281 e. The van der Waals surface area contributed by atoms with Gasteiger partial charge in [0.25, 0.3) is 15.9 Å². The van der Waals surface area contributed by atoms with E-state index in [4.69, 9.17) is 17.0 Å². The third-order valence-corrected chi connectivity index (χ3v) is 6.26. The molecule has 2 aromatic carbocycles. The number of phenols is 1. The number of thioether (sulfide) groups is 1. The number of benzene rings is 2. The molecule has 7 nitrogen and oxygen atoms in total. The summed E-state index contributed by atoms with van der Waals surface area (Å²) in [7, 11) is -3.95. The molecule has 0 saturated carbocycles. The van der Waals surface area contributed by atoms with Gasteiger partial charge in [0.1, 0.15) is 0 Å². The summed E-state index contributed by atoms with van der Waals surface area (Å²) in [6.45, 7) is 2.16. The summed E-state index contributed by atoms with van der Waals surface area (Å²) in [5.41, 5.74) is 0.604. The molecule has 1 aliphatic rings. The van der Waals surface area contributed by atoms with Gasteiger partial charge in [-0.25, -0.2) is 13.4 Å². The molecule has 0 unspecified atom stereocenters. The van der Waals surface area contributed by atoms with E-state index in [2.05, 4.69) is 4.83 Å². The zero-order chi connectivity index (χ0) is 20.3. The monoisotopic (exact) mass is 436 g/mol. The van der Waals surface area contributed by atoms with Crippen LogP contribution in [0.2, 0.25) is 0 Å². The van der Waals surface area contributed by atoms with Gasteiger partial charge in [-0.3, -0.25) is 4.79 Å². The molecule has 0 aromatic heterocycles.